The molecule has 6 heteroatoms. The number of hydrogen-bond donors (Lipinski definition) is 1. The molecule has 0 atom stereocenters. The number of amides is 1. The summed E-state index contributed by atoms with van der Waals surface area (Å²) < 4.78 is 0. The SMILES string of the molecule is Cc1nc(-c2ccc(NC(=O)CSCC#N)cc2)cs1. The van der Waals surface area contributed by atoms with Crippen LogP contribution in [0.4, 0.5) is 5.69 Å². The fraction of sp³-hybridized carbons (Fsp3) is 0.214. The van der Waals surface area contributed by atoms with Crippen molar-refractivity contribution in [3.63, 3.8) is 0 Å². The van der Waals surface area contributed by atoms with Gasteiger partial charge in [0.1, 0.15) is 0 Å². The summed E-state index contributed by atoms with van der Waals surface area (Å²) >= 11 is 2.92. The highest BCUT2D eigenvalue weighted by Crippen LogP contribution is 2.23. The van der Waals surface area contributed by atoms with E-state index in [0.717, 1.165) is 22.0 Å². The van der Waals surface area contributed by atoms with E-state index in [2.05, 4.69) is 10.3 Å². The second-order valence-corrected chi connectivity index (χ2v) is 6.08. The number of thiazole rings is 1. The maximum Gasteiger partial charge on any atom is 0.234 e. The molecule has 0 spiro atoms. The molecule has 20 heavy (non-hydrogen) atoms. The average Bonchev–Trinajstić information content (AvgIpc) is 2.86. The van der Waals surface area contributed by atoms with Gasteiger partial charge in [0.15, 0.2) is 0 Å². The van der Waals surface area contributed by atoms with Gasteiger partial charge in [0, 0.05) is 16.6 Å². The van der Waals surface area contributed by atoms with E-state index in [0.29, 0.717) is 11.5 Å². The van der Waals surface area contributed by atoms with E-state index in [1.54, 1.807) is 11.3 Å². The van der Waals surface area contributed by atoms with Crippen LogP contribution in [0.15, 0.2) is 29.6 Å². The number of aromatic nitrogens is 1. The number of aryl methyl sites for hydroxylation is 1. The minimum absolute atomic E-state index is 0.0949. The Morgan fingerprint density at radius 2 is 2.20 bits per heavy atom. The van der Waals surface area contributed by atoms with Crippen LogP contribution < -0.4 is 5.32 Å². The van der Waals surface area contributed by atoms with E-state index < -0.39 is 0 Å². The quantitative estimate of drug-likeness (QED) is 0.861. The highest BCUT2D eigenvalue weighted by atomic mass is 32.2. The molecule has 0 saturated heterocycles. The molecule has 2 aromatic rings. The molecule has 0 saturated carbocycles. The Kier molecular flexibility index (Phi) is 5.16. The molecule has 102 valence electrons. The zero-order valence-electron chi connectivity index (χ0n) is 10.9. The Bertz CT molecular complexity index is 629. The summed E-state index contributed by atoms with van der Waals surface area (Å²) in [7, 11) is 0. The van der Waals surface area contributed by atoms with Gasteiger partial charge in [-0.25, -0.2) is 4.98 Å². The second kappa shape index (κ2) is 7.08. The zero-order chi connectivity index (χ0) is 14.4. The zero-order valence-corrected chi connectivity index (χ0v) is 12.6. The minimum atomic E-state index is -0.0949. The summed E-state index contributed by atoms with van der Waals surface area (Å²) in [5, 5.41) is 14.2. The van der Waals surface area contributed by atoms with Gasteiger partial charge in [-0.1, -0.05) is 12.1 Å². The van der Waals surface area contributed by atoms with Crippen molar-refractivity contribution in [2.24, 2.45) is 0 Å². The fourth-order valence-corrected chi connectivity index (χ4v) is 2.68. The third-order valence-electron chi connectivity index (χ3n) is 2.48. The van der Waals surface area contributed by atoms with Crippen LogP contribution in [0.2, 0.25) is 0 Å². The number of anilines is 1. The third kappa shape index (κ3) is 4.08. The summed E-state index contributed by atoms with van der Waals surface area (Å²) in [4.78, 5) is 16.0. The monoisotopic (exact) mass is 303 g/mol. The van der Waals surface area contributed by atoms with Gasteiger partial charge in [-0.05, 0) is 19.1 Å². The number of carbonyl (C=O) groups excluding carboxylic acids is 1. The minimum Gasteiger partial charge on any atom is -0.325 e. The molecule has 0 aliphatic heterocycles. The lowest BCUT2D eigenvalue weighted by Gasteiger charge is -2.05. The van der Waals surface area contributed by atoms with Gasteiger partial charge in [0.2, 0.25) is 5.91 Å². The highest BCUT2D eigenvalue weighted by molar-refractivity contribution is 8.00. The van der Waals surface area contributed by atoms with Crippen molar-refractivity contribution < 1.29 is 4.79 Å². The largest absolute Gasteiger partial charge is 0.325 e. The van der Waals surface area contributed by atoms with Crippen LogP contribution in [0.1, 0.15) is 5.01 Å². The van der Waals surface area contributed by atoms with Crippen molar-refractivity contribution in [2.45, 2.75) is 6.92 Å². The Morgan fingerprint density at radius 3 is 2.80 bits per heavy atom. The molecule has 0 unspecified atom stereocenters. The van der Waals surface area contributed by atoms with E-state index >= 15 is 0 Å². The number of hydrogen-bond acceptors (Lipinski definition) is 5. The smallest absolute Gasteiger partial charge is 0.234 e. The Morgan fingerprint density at radius 1 is 1.45 bits per heavy atom. The summed E-state index contributed by atoms with van der Waals surface area (Å²) in [6.45, 7) is 1.97. The normalized spacial score (nSPS) is 10.0. The van der Waals surface area contributed by atoms with Crippen LogP contribution in [0.5, 0.6) is 0 Å². The predicted molar refractivity (Wildman–Crippen MR) is 83.9 cm³/mol. The fourth-order valence-electron chi connectivity index (χ4n) is 1.61. The summed E-state index contributed by atoms with van der Waals surface area (Å²) in [6, 6.07) is 9.58. The standard InChI is InChI=1S/C14H13N3OS2/c1-10-16-13(8-20-10)11-2-4-12(5-3-11)17-14(18)9-19-7-6-15/h2-5,8H,7,9H2,1H3,(H,17,18). The number of nitrogens with zero attached hydrogens (tertiary/aromatic N) is 2. The molecule has 0 aliphatic carbocycles. The van der Waals surface area contributed by atoms with Crippen LogP contribution in [0, 0.1) is 18.3 Å². The van der Waals surface area contributed by atoms with E-state index in [4.69, 9.17) is 5.26 Å². The Labute approximate surface area is 125 Å². The molecule has 0 aliphatic rings. The lowest BCUT2D eigenvalue weighted by molar-refractivity contribution is -0.113. The first-order valence-electron chi connectivity index (χ1n) is 5.96. The third-order valence-corrected chi connectivity index (χ3v) is 4.06. The van der Waals surface area contributed by atoms with Crippen molar-refractivity contribution >= 4 is 34.7 Å². The first-order valence-corrected chi connectivity index (χ1v) is 7.99. The maximum absolute atomic E-state index is 11.6. The molecule has 4 nitrogen and oxygen atoms in total. The van der Waals surface area contributed by atoms with E-state index in [1.165, 1.54) is 11.8 Å². The van der Waals surface area contributed by atoms with Crippen molar-refractivity contribution in [1.29, 1.82) is 5.26 Å². The number of carbonyl (C=O) groups is 1. The summed E-state index contributed by atoms with van der Waals surface area (Å²) in [6.07, 6.45) is 0. The lowest BCUT2D eigenvalue weighted by Crippen LogP contribution is -2.14. The average molecular weight is 303 g/mol. The number of benzene rings is 1. The molecule has 1 aromatic carbocycles. The van der Waals surface area contributed by atoms with Gasteiger partial charge in [0.25, 0.3) is 0 Å². The second-order valence-electron chi connectivity index (χ2n) is 4.03. The summed E-state index contributed by atoms with van der Waals surface area (Å²) in [5.41, 5.74) is 2.74. The first-order chi connectivity index (χ1) is 9.69. The number of rotatable bonds is 5. The molecule has 0 bridgehead atoms. The van der Waals surface area contributed by atoms with Crippen LogP contribution in [0.3, 0.4) is 0 Å². The molecule has 1 amide bonds. The lowest BCUT2D eigenvalue weighted by atomic mass is 10.1. The van der Waals surface area contributed by atoms with Crippen molar-refractivity contribution in [3.05, 3.63) is 34.7 Å². The molecule has 2 rings (SSSR count). The first kappa shape index (κ1) is 14.6. The van der Waals surface area contributed by atoms with Gasteiger partial charge >= 0.3 is 0 Å². The van der Waals surface area contributed by atoms with Gasteiger partial charge < -0.3 is 5.32 Å². The van der Waals surface area contributed by atoms with Crippen LogP contribution in [-0.2, 0) is 4.79 Å². The van der Waals surface area contributed by atoms with Crippen LogP contribution in [0.25, 0.3) is 11.3 Å². The summed E-state index contributed by atoms with van der Waals surface area (Å²) in [5.74, 6) is 0.526. The van der Waals surface area contributed by atoms with Crippen molar-refractivity contribution in [3.8, 4) is 17.3 Å². The molecule has 0 radical (unpaired) electrons. The predicted octanol–water partition coefficient (Wildman–Crippen LogP) is 3.31. The van der Waals surface area contributed by atoms with E-state index in [1.807, 2.05) is 42.6 Å². The number of thioether (sulfide) groups is 1. The van der Waals surface area contributed by atoms with E-state index in [9.17, 15) is 4.79 Å². The topological polar surface area (TPSA) is 65.8 Å². The molecule has 1 heterocycles. The number of nitriles is 1. The van der Waals surface area contributed by atoms with Gasteiger partial charge in [-0.3, -0.25) is 4.79 Å². The highest BCUT2D eigenvalue weighted by Gasteiger charge is 2.04. The Balaban J connectivity index is 1.95. The van der Waals surface area contributed by atoms with Gasteiger partial charge in [-0.2, -0.15) is 5.26 Å². The van der Waals surface area contributed by atoms with Gasteiger partial charge in [-0.15, -0.1) is 23.1 Å². The van der Waals surface area contributed by atoms with E-state index in [-0.39, 0.29) is 5.91 Å². The molecule has 1 N–H and O–H groups in total. The Hall–Kier alpha value is -1.84. The molecule has 1 aromatic heterocycles. The van der Waals surface area contributed by atoms with Crippen molar-refractivity contribution in [2.75, 3.05) is 16.8 Å². The maximum atomic E-state index is 11.6. The molecular weight excluding hydrogens is 290 g/mol. The van der Waals surface area contributed by atoms with Crippen LogP contribution >= 0.6 is 23.1 Å². The number of nitrogens with one attached hydrogen (secondary N) is 1. The van der Waals surface area contributed by atoms with Gasteiger partial charge in [0.05, 0.1) is 28.3 Å². The van der Waals surface area contributed by atoms with Crippen molar-refractivity contribution in [1.82, 2.24) is 4.98 Å². The van der Waals surface area contributed by atoms with Crippen LogP contribution in [-0.4, -0.2) is 22.4 Å². The molecular formula is C14H13N3OS2. The molecule has 0 fully saturated rings.